The zero-order valence-corrected chi connectivity index (χ0v) is 10.2. The van der Waals surface area contributed by atoms with Crippen LogP contribution in [0.15, 0.2) is 0 Å². The Morgan fingerprint density at radius 3 is 2.23 bits per heavy atom. The van der Waals surface area contributed by atoms with Crippen LogP contribution in [-0.2, 0) is 0 Å². The minimum Gasteiger partial charge on any atom is -0.392 e. The van der Waals surface area contributed by atoms with Crippen molar-refractivity contribution in [3.05, 3.63) is 0 Å². The van der Waals surface area contributed by atoms with E-state index in [1.165, 1.54) is 12.8 Å². The second-order valence-electron chi connectivity index (χ2n) is 3.96. The molecule has 0 spiro atoms. The van der Waals surface area contributed by atoms with Crippen LogP contribution in [0.5, 0.6) is 0 Å². The lowest BCUT2D eigenvalue weighted by Crippen LogP contribution is -2.15. The molecule has 0 fully saturated rings. The van der Waals surface area contributed by atoms with Gasteiger partial charge in [0, 0.05) is 11.0 Å². The van der Waals surface area contributed by atoms with E-state index in [4.69, 9.17) is 0 Å². The Bertz CT molecular complexity index is 117. The minimum atomic E-state index is -0.103. The van der Waals surface area contributed by atoms with Gasteiger partial charge in [0.1, 0.15) is 0 Å². The molecule has 0 aliphatic rings. The topological polar surface area (TPSA) is 20.2 Å². The summed E-state index contributed by atoms with van der Waals surface area (Å²) in [6.45, 7) is 8.80. The van der Waals surface area contributed by atoms with Crippen molar-refractivity contribution in [3.8, 4) is 0 Å². The second kappa shape index (κ2) is 7.69. The second-order valence-corrected chi connectivity index (χ2v) is 5.43. The molecule has 0 saturated carbocycles. The van der Waals surface area contributed by atoms with Gasteiger partial charge < -0.3 is 5.11 Å². The molecule has 0 aliphatic heterocycles. The van der Waals surface area contributed by atoms with Crippen LogP contribution in [0.3, 0.4) is 0 Å². The monoisotopic (exact) mass is 204 g/mol. The summed E-state index contributed by atoms with van der Waals surface area (Å²) in [6, 6.07) is 0. The first kappa shape index (κ1) is 13.3. The molecular weight excluding hydrogens is 180 g/mol. The standard InChI is InChI=1S/C11H24OS/c1-5-9(3)7-11(12)8-13-10(4)6-2/h9-12H,5-8H2,1-4H3. The van der Waals surface area contributed by atoms with Gasteiger partial charge in [-0.2, -0.15) is 11.8 Å². The zero-order valence-electron chi connectivity index (χ0n) is 9.42. The molecule has 0 aromatic carbocycles. The third-order valence-corrected chi connectivity index (χ3v) is 4.00. The quantitative estimate of drug-likeness (QED) is 0.686. The highest BCUT2D eigenvalue weighted by atomic mass is 32.2. The highest BCUT2D eigenvalue weighted by Gasteiger charge is 2.10. The maximum Gasteiger partial charge on any atom is 0.0633 e. The Balaban J connectivity index is 3.45. The number of thioether (sulfide) groups is 1. The van der Waals surface area contributed by atoms with Gasteiger partial charge in [-0.05, 0) is 18.8 Å². The summed E-state index contributed by atoms with van der Waals surface area (Å²) in [7, 11) is 0. The first-order chi connectivity index (χ1) is 6.10. The Morgan fingerprint density at radius 2 is 1.77 bits per heavy atom. The van der Waals surface area contributed by atoms with Crippen LogP contribution in [0.2, 0.25) is 0 Å². The Labute approximate surface area is 87.3 Å². The normalized spacial score (nSPS) is 18.2. The van der Waals surface area contributed by atoms with E-state index >= 15 is 0 Å². The van der Waals surface area contributed by atoms with Gasteiger partial charge in [0.2, 0.25) is 0 Å². The molecule has 1 nitrogen and oxygen atoms in total. The van der Waals surface area contributed by atoms with Crippen LogP contribution in [0, 0.1) is 5.92 Å². The van der Waals surface area contributed by atoms with Gasteiger partial charge in [0.15, 0.2) is 0 Å². The van der Waals surface area contributed by atoms with Crippen molar-refractivity contribution < 1.29 is 5.11 Å². The van der Waals surface area contributed by atoms with Crippen LogP contribution >= 0.6 is 11.8 Å². The van der Waals surface area contributed by atoms with Crippen molar-refractivity contribution in [2.75, 3.05) is 5.75 Å². The van der Waals surface area contributed by atoms with Gasteiger partial charge in [-0.1, -0.05) is 34.1 Å². The summed E-state index contributed by atoms with van der Waals surface area (Å²) in [5, 5.41) is 10.4. The fraction of sp³-hybridized carbons (Fsp3) is 1.00. The van der Waals surface area contributed by atoms with E-state index in [2.05, 4.69) is 27.7 Å². The van der Waals surface area contributed by atoms with Crippen LogP contribution in [-0.4, -0.2) is 22.2 Å². The van der Waals surface area contributed by atoms with E-state index in [1.54, 1.807) is 0 Å². The molecule has 3 unspecified atom stereocenters. The molecule has 0 aromatic rings. The molecular formula is C11H24OS. The fourth-order valence-electron chi connectivity index (χ4n) is 1.09. The smallest absolute Gasteiger partial charge is 0.0633 e. The predicted octanol–water partition coefficient (Wildman–Crippen LogP) is 3.32. The largest absolute Gasteiger partial charge is 0.392 e. The molecule has 0 saturated heterocycles. The lowest BCUT2D eigenvalue weighted by atomic mass is 10.0. The molecule has 0 aromatic heterocycles. The SMILES string of the molecule is CCC(C)CC(O)CSC(C)CC. The van der Waals surface area contributed by atoms with Crippen molar-refractivity contribution in [3.63, 3.8) is 0 Å². The Morgan fingerprint density at radius 1 is 1.15 bits per heavy atom. The Kier molecular flexibility index (Phi) is 7.87. The molecule has 0 heterocycles. The minimum absolute atomic E-state index is 0.103. The summed E-state index contributed by atoms with van der Waals surface area (Å²) < 4.78 is 0. The molecule has 2 heteroatoms. The van der Waals surface area contributed by atoms with Gasteiger partial charge in [-0.15, -0.1) is 0 Å². The van der Waals surface area contributed by atoms with Crippen molar-refractivity contribution in [2.45, 2.75) is 58.3 Å². The first-order valence-electron chi connectivity index (χ1n) is 5.39. The third-order valence-electron chi connectivity index (χ3n) is 2.52. The summed E-state index contributed by atoms with van der Waals surface area (Å²) >= 11 is 1.89. The maximum absolute atomic E-state index is 9.67. The molecule has 80 valence electrons. The number of hydrogen-bond acceptors (Lipinski definition) is 2. The van der Waals surface area contributed by atoms with Gasteiger partial charge in [-0.3, -0.25) is 0 Å². The van der Waals surface area contributed by atoms with Crippen molar-refractivity contribution in [1.29, 1.82) is 0 Å². The summed E-state index contributed by atoms with van der Waals surface area (Å²) in [5.41, 5.74) is 0. The number of aliphatic hydroxyl groups excluding tert-OH is 1. The van der Waals surface area contributed by atoms with Gasteiger partial charge in [-0.25, -0.2) is 0 Å². The maximum atomic E-state index is 9.67. The number of aliphatic hydroxyl groups is 1. The van der Waals surface area contributed by atoms with Crippen molar-refractivity contribution >= 4 is 11.8 Å². The van der Waals surface area contributed by atoms with E-state index in [0.29, 0.717) is 11.2 Å². The van der Waals surface area contributed by atoms with Crippen LogP contribution in [0.4, 0.5) is 0 Å². The zero-order chi connectivity index (χ0) is 10.3. The van der Waals surface area contributed by atoms with E-state index in [9.17, 15) is 5.11 Å². The van der Waals surface area contributed by atoms with Gasteiger partial charge >= 0.3 is 0 Å². The summed E-state index contributed by atoms with van der Waals surface area (Å²) in [6.07, 6.45) is 3.22. The third kappa shape index (κ3) is 7.39. The van der Waals surface area contributed by atoms with E-state index in [1.807, 2.05) is 11.8 Å². The van der Waals surface area contributed by atoms with Gasteiger partial charge in [0.05, 0.1) is 6.10 Å². The first-order valence-corrected chi connectivity index (χ1v) is 6.44. The summed E-state index contributed by atoms with van der Waals surface area (Å²) in [5.74, 6) is 1.56. The van der Waals surface area contributed by atoms with Crippen LogP contribution in [0.1, 0.15) is 47.0 Å². The molecule has 1 N–H and O–H groups in total. The summed E-state index contributed by atoms with van der Waals surface area (Å²) in [4.78, 5) is 0. The average molecular weight is 204 g/mol. The highest BCUT2D eigenvalue weighted by Crippen LogP contribution is 2.18. The molecule has 13 heavy (non-hydrogen) atoms. The number of hydrogen-bond donors (Lipinski definition) is 1. The Hall–Kier alpha value is 0.310. The lowest BCUT2D eigenvalue weighted by Gasteiger charge is -2.16. The van der Waals surface area contributed by atoms with Crippen molar-refractivity contribution in [2.24, 2.45) is 5.92 Å². The average Bonchev–Trinajstić information content (AvgIpc) is 2.13. The molecule has 0 aliphatic carbocycles. The van der Waals surface area contributed by atoms with Crippen LogP contribution < -0.4 is 0 Å². The molecule has 0 amide bonds. The van der Waals surface area contributed by atoms with Gasteiger partial charge in [0.25, 0.3) is 0 Å². The predicted molar refractivity (Wildman–Crippen MR) is 62.3 cm³/mol. The van der Waals surface area contributed by atoms with E-state index < -0.39 is 0 Å². The van der Waals surface area contributed by atoms with Crippen molar-refractivity contribution in [1.82, 2.24) is 0 Å². The molecule has 3 atom stereocenters. The fourth-order valence-corrected chi connectivity index (χ4v) is 2.01. The van der Waals surface area contributed by atoms with Crippen LogP contribution in [0.25, 0.3) is 0 Å². The lowest BCUT2D eigenvalue weighted by molar-refractivity contribution is 0.167. The van der Waals surface area contributed by atoms with E-state index in [-0.39, 0.29) is 6.10 Å². The highest BCUT2D eigenvalue weighted by molar-refractivity contribution is 7.99. The molecule has 0 bridgehead atoms. The number of rotatable bonds is 7. The van der Waals surface area contributed by atoms with E-state index in [0.717, 1.165) is 12.2 Å². The molecule has 0 radical (unpaired) electrons. The molecule has 0 rings (SSSR count).